The van der Waals surface area contributed by atoms with E-state index in [1.165, 1.54) is 25.7 Å². The number of rotatable bonds is 2. The highest BCUT2D eigenvalue weighted by molar-refractivity contribution is 9.10. The van der Waals surface area contributed by atoms with Crippen LogP contribution < -0.4 is 0 Å². The minimum absolute atomic E-state index is 0.193. The second-order valence-electron chi connectivity index (χ2n) is 4.38. The van der Waals surface area contributed by atoms with Gasteiger partial charge in [-0.05, 0) is 54.0 Å². The molecule has 1 aliphatic heterocycles. The van der Waals surface area contributed by atoms with Gasteiger partial charge >= 0.3 is 0 Å². The van der Waals surface area contributed by atoms with Crippen LogP contribution in [0.3, 0.4) is 0 Å². The third-order valence-electron chi connectivity index (χ3n) is 3.16. The molecule has 1 atom stereocenters. The van der Waals surface area contributed by atoms with Crippen LogP contribution in [0.15, 0.2) is 22.8 Å². The molecule has 0 aliphatic carbocycles. The Labute approximate surface area is 111 Å². The van der Waals surface area contributed by atoms with Crippen LogP contribution in [0.1, 0.15) is 37.4 Å². The van der Waals surface area contributed by atoms with Crippen molar-refractivity contribution >= 4 is 15.9 Å². The number of nitrogens with zero attached hydrogens (tertiary/aromatic N) is 3. The summed E-state index contributed by atoms with van der Waals surface area (Å²) in [7, 11) is 0. The quantitative estimate of drug-likeness (QED) is 0.840. The minimum atomic E-state index is -0.193. The first kappa shape index (κ1) is 12.5. The maximum Gasteiger partial charge on any atom is 0.140 e. The predicted molar refractivity (Wildman–Crippen MR) is 70.3 cm³/mol. The number of hydrogen-bond acceptors (Lipinski definition) is 3. The van der Waals surface area contributed by atoms with Gasteiger partial charge in [0.2, 0.25) is 0 Å². The molecule has 2 heterocycles. The first-order valence-electron chi connectivity index (χ1n) is 6.06. The van der Waals surface area contributed by atoms with Crippen LogP contribution in [0.4, 0.5) is 0 Å². The Hall–Kier alpha value is -0.920. The number of likely N-dealkylation sites (tertiary alicyclic amines) is 1. The molecule has 0 bridgehead atoms. The van der Waals surface area contributed by atoms with Crippen LogP contribution >= 0.6 is 15.9 Å². The Bertz CT molecular complexity index is 388. The van der Waals surface area contributed by atoms with E-state index in [1.54, 1.807) is 6.20 Å². The van der Waals surface area contributed by atoms with Crippen LogP contribution in [0, 0.1) is 11.3 Å². The third kappa shape index (κ3) is 3.27. The number of aromatic nitrogens is 1. The molecule has 17 heavy (non-hydrogen) atoms. The molecule has 0 N–H and O–H groups in total. The average molecular weight is 294 g/mol. The zero-order valence-electron chi connectivity index (χ0n) is 9.77. The maximum absolute atomic E-state index is 9.35. The topological polar surface area (TPSA) is 39.9 Å². The number of halogens is 1. The molecule has 0 amide bonds. The molecule has 1 saturated heterocycles. The van der Waals surface area contributed by atoms with Gasteiger partial charge < -0.3 is 0 Å². The van der Waals surface area contributed by atoms with Crippen molar-refractivity contribution in [3.8, 4) is 6.07 Å². The fourth-order valence-corrected chi connectivity index (χ4v) is 2.47. The SMILES string of the molecule is N#CC(c1ccc(Br)cn1)N1CCCCCC1. The van der Waals surface area contributed by atoms with E-state index in [1.807, 2.05) is 12.1 Å². The van der Waals surface area contributed by atoms with Crippen molar-refractivity contribution in [1.29, 1.82) is 5.26 Å². The van der Waals surface area contributed by atoms with E-state index >= 15 is 0 Å². The van der Waals surface area contributed by atoms with Gasteiger partial charge in [0.25, 0.3) is 0 Å². The van der Waals surface area contributed by atoms with E-state index in [9.17, 15) is 5.26 Å². The third-order valence-corrected chi connectivity index (χ3v) is 3.63. The van der Waals surface area contributed by atoms with E-state index in [2.05, 4.69) is 31.9 Å². The molecule has 0 saturated carbocycles. The Kier molecular flexibility index (Phi) is 4.52. The van der Waals surface area contributed by atoms with Crippen molar-refractivity contribution in [3.63, 3.8) is 0 Å². The van der Waals surface area contributed by atoms with Crippen LogP contribution in [0.5, 0.6) is 0 Å². The summed E-state index contributed by atoms with van der Waals surface area (Å²) in [6.45, 7) is 2.02. The predicted octanol–water partition coefficient (Wildman–Crippen LogP) is 3.28. The summed E-state index contributed by atoms with van der Waals surface area (Å²) in [5.41, 5.74) is 0.859. The molecule has 4 heteroatoms. The van der Waals surface area contributed by atoms with Gasteiger partial charge in [-0.1, -0.05) is 12.8 Å². The second-order valence-corrected chi connectivity index (χ2v) is 5.30. The van der Waals surface area contributed by atoms with E-state index < -0.39 is 0 Å². The number of nitriles is 1. The van der Waals surface area contributed by atoms with Gasteiger partial charge in [0, 0.05) is 10.7 Å². The lowest BCUT2D eigenvalue weighted by molar-refractivity contribution is 0.242. The fraction of sp³-hybridized carbons (Fsp3) is 0.538. The highest BCUT2D eigenvalue weighted by Crippen LogP contribution is 2.23. The molecule has 0 radical (unpaired) electrons. The molecule has 1 aliphatic rings. The monoisotopic (exact) mass is 293 g/mol. The van der Waals surface area contributed by atoms with Crippen molar-refractivity contribution in [3.05, 3.63) is 28.5 Å². The van der Waals surface area contributed by atoms with Crippen LogP contribution in [0.25, 0.3) is 0 Å². The van der Waals surface area contributed by atoms with Crippen molar-refractivity contribution in [2.75, 3.05) is 13.1 Å². The summed E-state index contributed by atoms with van der Waals surface area (Å²) in [5, 5.41) is 9.35. The lowest BCUT2D eigenvalue weighted by atomic mass is 10.1. The van der Waals surface area contributed by atoms with Crippen molar-refractivity contribution in [1.82, 2.24) is 9.88 Å². The zero-order valence-corrected chi connectivity index (χ0v) is 11.4. The van der Waals surface area contributed by atoms with E-state index in [0.29, 0.717) is 0 Å². The van der Waals surface area contributed by atoms with E-state index in [4.69, 9.17) is 0 Å². The van der Waals surface area contributed by atoms with Crippen LogP contribution in [-0.4, -0.2) is 23.0 Å². The van der Waals surface area contributed by atoms with Crippen molar-refractivity contribution in [2.24, 2.45) is 0 Å². The summed E-state index contributed by atoms with van der Waals surface area (Å²) in [6.07, 6.45) is 6.70. The smallest absolute Gasteiger partial charge is 0.140 e. The Balaban J connectivity index is 2.15. The minimum Gasteiger partial charge on any atom is -0.283 e. The average Bonchev–Trinajstić information content (AvgIpc) is 2.62. The van der Waals surface area contributed by atoms with Gasteiger partial charge in [-0.3, -0.25) is 9.88 Å². The second kappa shape index (κ2) is 6.13. The molecule has 1 fully saturated rings. The highest BCUT2D eigenvalue weighted by atomic mass is 79.9. The molecule has 0 spiro atoms. The summed E-state index contributed by atoms with van der Waals surface area (Å²) in [4.78, 5) is 6.60. The molecule has 0 aromatic carbocycles. The summed E-state index contributed by atoms with van der Waals surface area (Å²) >= 11 is 3.37. The van der Waals surface area contributed by atoms with E-state index in [-0.39, 0.29) is 6.04 Å². The molecular formula is C13H16BrN3. The molecule has 1 unspecified atom stereocenters. The molecule has 2 rings (SSSR count). The van der Waals surface area contributed by atoms with Crippen LogP contribution in [0.2, 0.25) is 0 Å². The fourth-order valence-electron chi connectivity index (χ4n) is 2.24. The Morgan fingerprint density at radius 3 is 2.47 bits per heavy atom. The standard InChI is InChI=1S/C13H16BrN3/c14-11-5-6-12(16-10-11)13(9-15)17-7-3-1-2-4-8-17/h5-6,10,13H,1-4,7-8H2. The summed E-state index contributed by atoms with van der Waals surface area (Å²) < 4.78 is 0.953. The molecule has 90 valence electrons. The Morgan fingerprint density at radius 1 is 1.24 bits per heavy atom. The van der Waals surface area contributed by atoms with Gasteiger partial charge in [0.1, 0.15) is 6.04 Å². The zero-order chi connectivity index (χ0) is 12.1. The molecular weight excluding hydrogens is 278 g/mol. The molecule has 3 nitrogen and oxygen atoms in total. The van der Waals surface area contributed by atoms with Gasteiger partial charge in [-0.2, -0.15) is 5.26 Å². The number of pyridine rings is 1. The van der Waals surface area contributed by atoms with E-state index in [0.717, 1.165) is 23.3 Å². The maximum atomic E-state index is 9.35. The first-order valence-corrected chi connectivity index (χ1v) is 6.85. The van der Waals surface area contributed by atoms with Gasteiger partial charge in [0.05, 0.1) is 11.8 Å². The van der Waals surface area contributed by atoms with Crippen molar-refractivity contribution < 1.29 is 0 Å². The molecule has 1 aromatic heterocycles. The largest absolute Gasteiger partial charge is 0.283 e. The normalized spacial score (nSPS) is 19.3. The highest BCUT2D eigenvalue weighted by Gasteiger charge is 2.21. The lowest BCUT2D eigenvalue weighted by Gasteiger charge is -2.24. The van der Waals surface area contributed by atoms with Gasteiger partial charge in [0.15, 0.2) is 0 Å². The number of hydrogen-bond donors (Lipinski definition) is 0. The van der Waals surface area contributed by atoms with Gasteiger partial charge in [-0.15, -0.1) is 0 Å². The lowest BCUT2D eigenvalue weighted by Crippen LogP contribution is -2.29. The van der Waals surface area contributed by atoms with Crippen LogP contribution in [-0.2, 0) is 0 Å². The Morgan fingerprint density at radius 2 is 1.94 bits per heavy atom. The summed E-state index contributed by atoms with van der Waals surface area (Å²) in [6, 6.07) is 6.07. The van der Waals surface area contributed by atoms with Crippen molar-refractivity contribution in [2.45, 2.75) is 31.7 Å². The first-order chi connectivity index (χ1) is 8.31. The van der Waals surface area contributed by atoms with Gasteiger partial charge in [-0.25, -0.2) is 0 Å². The molecule has 1 aromatic rings. The summed E-state index contributed by atoms with van der Waals surface area (Å²) in [5.74, 6) is 0.